The summed E-state index contributed by atoms with van der Waals surface area (Å²) < 4.78 is 39.6. The summed E-state index contributed by atoms with van der Waals surface area (Å²) in [5, 5.41) is 3.06. The number of nitrogens with zero attached hydrogens (tertiary/aromatic N) is 1. The highest BCUT2D eigenvalue weighted by Crippen LogP contribution is 2.33. The Morgan fingerprint density at radius 2 is 1.83 bits per heavy atom. The van der Waals surface area contributed by atoms with Gasteiger partial charge in [0.1, 0.15) is 22.9 Å². The van der Waals surface area contributed by atoms with E-state index in [-0.39, 0.29) is 29.1 Å². The van der Waals surface area contributed by atoms with Crippen LogP contribution in [0.2, 0.25) is 0 Å². The van der Waals surface area contributed by atoms with Gasteiger partial charge in [-0.15, -0.1) is 0 Å². The Kier molecular flexibility index (Phi) is 7.31. The normalized spacial score (nSPS) is 15.1. The van der Waals surface area contributed by atoms with Crippen LogP contribution in [-0.4, -0.2) is 35.1 Å². The van der Waals surface area contributed by atoms with E-state index in [9.17, 15) is 13.2 Å². The maximum Gasteiger partial charge on any atom is 0.268 e. The van der Waals surface area contributed by atoms with Crippen molar-refractivity contribution in [2.75, 3.05) is 25.1 Å². The van der Waals surface area contributed by atoms with Crippen molar-refractivity contribution in [3.8, 4) is 11.5 Å². The maximum atomic E-state index is 13.9. The van der Waals surface area contributed by atoms with Crippen molar-refractivity contribution in [1.82, 2.24) is 5.32 Å². The van der Waals surface area contributed by atoms with Gasteiger partial charge >= 0.3 is 0 Å². The van der Waals surface area contributed by atoms with Gasteiger partial charge in [-0.3, -0.25) is 9.10 Å². The quantitative estimate of drug-likeness (QED) is 0.502. The van der Waals surface area contributed by atoms with E-state index < -0.39 is 10.0 Å². The van der Waals surface area contributed by atoms with Crippen LogP contribution in [0.25, 0.3) is 0 Å². The fourth-order valence-corrected chi connectivity index (χ4v) is 6.12. The number of ether oxygens (including phenoxy) is 2. The Balaban J connectivity index is 1.69. The van der Waals surface area contributed by atoms with Crippen LogP contribution in [0.3, 0.4) is 0 Å². The highest BCUT2D eigenvalue weighted by atomic mass is 32.2. The zero-order chi connectivity index (χ0) is 25.0. The molecule has 0 aromatic heterocycles. The van der Waals surface area contributed by atoms with E-state index in [2.05, 4.69) is 11.4 Å². The lowest BCUT2D eigenvalue weighted by Gasteiger charge is -2.29. The second kappa shape index (κ2) is 10.4. The number of nitrogens with one attached hydrogen (secondary N) is 1. The van der Waals surface area contributed by atoms with Crippen molar-refractivity contribution in [1.29, 1.82) is 0 Å². The Morgan fingerprint density at radius 3 is 2.60 bits per heavy atom. The van der Waals surface area contributed by atoms with Crippen LogP contribution in [-0.2, 0) is 21.2 Å². The highest BCUT2D eigenvalue weighted by Gasteiger charge is 2.31. The Hall–Kier alpha value is -3.52. The molecule has 1 N–H and O–H groups in total. The summed E-state index contributed by atoms with van der Waals surface area (Å²) in [4.78, 5) is 13.3. The highest BCUT2D eigenvalue weighted by molar-refractivity contribution is 7.93. The summed E-state index contributed by atoms with van der Waals surface area (Å²) >= 11 is 0. The second-order valence-corrected chi connectivity index (χ2v) is 10.4. The van der Waals surface area contributed by atoms with Crippen molar-refractivity contribution in [2.24, 2.45) is 0 Å². The van der Waals surface area contributed by atoms with E-state index in [1.807, 2.05) is 25.1 Å². The smallest absolute Gasteiger partial charge is 0.268 e. The third kappa shape index (κ3) is 5.27. The van der Waals surface area contributed by atoms with Gasteiger partial charge in [-0.05, 0) is 67.1 Å². The summed E-state index contributed by atoms with van der Waals surface area (Å²) in [5.41, 5.74) is 3.39. The molecule has 3 aromatic rings. The van der Waals surface area contributed by atoms with Gasteiger partial charge in [-0.25, -0.2) is 8.42 Å². The number of carbonyl (C=O) groups excluding carboxylic acids is 1. The molecule has 1 atom stereocenters. The first-order valence-corrected chi connectivity index (χ1v) is 13.0. The largest absolute Gasteiger partial charge is 0.497 e. The third-order valence-electron chi connectivity index (χ3n) is 6.22. The summed E-state index contributed by atoms with van der Waals surface area (Å²) in [6, 6.07) is 19.5. The minimum atomic E-state index is -4.15. The number of hydrogen-bond acceptors (Lipinski definition) is 5. The molecule has 3 aromatic carbocycles. The molecule has 0 aliphatic heterocycles. The number of aryl methyl sites for hydroxylation is 2. The van der Waals surface area contributed by atoms with Gasteiger partial charge in [0.05, 0.1) is 25.9 Å². The van der Waals surface area contributed by atoms with Gasteiger partial charge in [0.2, 0.25) is 5.91 Å². The molecule has 0 fully saturated rings. The monoisotopic (exact) mass is 494 g/mol. The molecule has 184 valence electrons. The average molecular weight is 495 g/mol. The number of rotatable bonds is 8. The minimum Gasteiger partial charge on any atom is -0.497 e. The molecule has 1 aliphatic carbocycles. The van der Waals surface area contributed by atoms with E-state index in [0.29, 0.717) is 11.4 Å². The van der Waals surface area contributed by atoms with E-state index in [4.69, 9.17) is 9.47 Å². The SMILES string of the molecule is COc1cccc(N(CC(=O)N[C@@H]2CCCc3ccccc32)S(=O)(=O)c2cc(C)ccc2OC)c1. The molecule has 0 unspecified atom stereocenters. The summed E-state index contributed by atoms with van der Waals surface area (Å²) in [5.74, 6) is 0.315. The van der Waals surface area contributed by atoms with Crippen molar-refractivity contribution < 1.29 is 22.7 Å². The molecule has 1 aliphatic rings. The Bertz CT molecular complexity index is 1320. The number of amides is 1. The number of carbonyl (C=O) groups is 1. The maximum absolute atomic E-state index is 13.9. The van der Waals surface area contributed by atoms with Crippen LogP contribution >= 0.6 is 0 Å². The first kappa shape index (κ1) is 24.6. The van der Waals surface area contributed by atoms with Gasteiger partial charge in [-0.2, -0.15) is 0 Å². The summed E-state index contributed by atoms with van der Waals surface area (Å²) in [6.45, 7) is 1.42. The zero-order valence-corrected chi connectivity index (χ0v) is 21.0. The Labute approximate surface area is 206 Å². The number of benzene rings is 3. The standard InChI is InChI=1S/C27H30N2O5S/c1-19-14-15-25(34-3)26(16-19)35(31,32)29(21-10-7-11-22(17-21)33-2)18-27(30)28-24-13-6-9-20-8-4-5-12-23(20)24/h4-5,7-8,10-12,14-17,24H,6,9,13,18H2,1-3H3,(H,28,30)/t24-/m1/s1. The molecule has 4 rings (SSSR count). The van der Waals surface area contributed by atoms with Gasteiger partial charge in [0.15, 0.2) is 0 Å². The van der Waals surface area contributed by atoms with Gasteiger partial charge in [0, 0.05) is 6.07 Å². The zero-order valence-electron chi connectivity index (χ0n) is 20.2. The summed E-state index contributed by atoms with van der Waals surface area (Å²) in [6.07, 6.45) is 2.74. The molecular formula is C27H30N2O5S. The van der Waals surface area contributed by atoms with Crippen molar-refractivity contribution >= 4 is 21.6 Å². The van der Waals surface area contributed by atoms with E-state index in [1.54, 1.807) is 42.5 Å². The van der Waals surface area contributed by atoms with Crippen LogP contribution in [0.15, 0.2) is 71.6 Å². The first-order chi connectivity index (χ1) is 16.8. The van der Waals surface area contributed by atoms with Crippen LogP contribution in [0.1, 0.15) is 35.6 Å². The number of sulfonamides is 1. The molecule has 8 heteroatoms. The van der Waals surface area contributed by atoms with Crippen molar-refractivity contribution in [3.63, 3.8) is 0 Å². The lowest BCUT2D eigenvalue weighted by molar-refractivity contribution is -0.120. The number of anilines is 1. The Morgan fingerprint density at radius 1 is 1.03 bits per heavy atom. The molecule has 0 bridgehead atoms. The first-order valence-electron chi connectivity index (χ1n) is 11.5. The van der Waals surface area contributed by atoms with E-state index in [0.717, 1.165) is 34.7 Å². The number of methoxy groups -OCH3 is 2. The summed E-state index contributed by atoms with van der Waals surface area (Å²) in [7, 11) is -1.22. The van der Waals surface area contributed by atoms with Crippen molar-refractivity contribution in [2.45, 2.75) is 37.1 Å². The molecule has 35 heavy (non-hydrogen) atoms. The molecule has 0 saturated carbocycles. The predicted octanol–water partition coefficient (Wildman–Crippen LogP) is 4.40. The molecule has 0 saturated heterocycles. The lowest BCUT2D eigenvalue weighted by Crippen LogP contribution is -2.42. The van der Waals surface area contributed by atoms with Crippen LogP contribution in [0.5, 0.6) is 11.5 Å². The van der Waals surface area contributed by atoms with Crippen LogP contribution in [0, 0.1) is 6.92 Å². The van der Waals surface area contributed by atoms with Gasteiger partial charge in [0.25, 0.3) is 10.0 Å². The van der Waals surface area contributed by atoms with E-state index >= 15 is 0 Å². The predicted molar refractivity (Wildman–Crippen MR) is 136 cm³/mol. The second-order valence-electron chi connectivity index (χ2n) is 8.58. The minimum absolute atomic E-state index is 0.00127. The van der Waals surface area contributed by atoms with Crippen molar-refractivity contribution in [3.05, 3.63) is 83.4 Å². The molecule has 1 amide bonds. The van der Waals surface area contributed by atoms with E-state index in [1.165, 1.54) is 19.8 Å². The van der Waals surface area contributed by atoms with Crippen LogP contribution in [0.4, 0.5) is 5.69 Å². The number of fused-ring (bicyclic) bond motifs is 1. The third-order valence-corrected chi connectivity index (χ3v) is 8.02. The van der Waals surface area contributed by atoms with Crippen LogP contribution < -0.4 is 19.1 Å². The number of hydrogen-bond donors (Lipinski definition) is 1. The molecule has 7 nitrogen and oxygen atoms in total. The molecule has 0 radical (unpaired) electrons. The lowest BCUT2D eigenvalue weighted by atomic mass is 9.88. The average Bonchev–Trinajstić information content (AvgIpc) is 2.87. The fourth-order valence-electron chi connectivity index (χ4n) is 4.46. The van der Waals surface area contributed by atoms with Gasteiger partial charge < -0.3 is 14.8 Å². The van der Waals surface area contributed by atoms with Gasteiger partial charge in [-0.1, -0.05) is 36.4 Å². The topological polar surface area (TPSA) is 84.9 Å². The molecule has 0 spiro atoms. The fraction of sp³-hybridized carbons (Fsp3) is 0.296. The molecular weight excluding hydrogens is 464 g/mol. The molecule has 0 heterocycles.